The predicted octanol–water partition coefficient (Wildman–Crippen LogP) is 3.44. The van der Waals surface area contributed by atoms with E-state index in [1.165, 1.54) is 32.4 Å². The molecule has 0 atom stereocenters. The lowest BCUT2D eigenvalue weighted by molar-refractivity contribution is -0.0771. The summed E-state index contributed by atoms with van der Waals surface area (Å²) in [7, 11) is 0. The Labute approximate surface area is 132 Å². The van der Waals surface area contributed by atoms with Gasteiger partial charge in [0.15, 0.2) is 0 Å². The molecule has 1 N–H and O–H groups in total. The van der Waals surface area contributed by atoms with Crippen molar-refractivity contribution in [2.45, 2.75) is 24.9 Å². The van der Waals surface area contributed by atoms with E-state index >= 15 is 0 Å². The minimum atomic E-state index is -0.00873. The average Bonchev–Trinajstić information content (AvgIpc) is 3.09. The van der Waals surface area contributed by atoms with Gasteiger partial charge in [-0.2, -0.15) is 0 Å². The minimum Gasteiger partial charge on any atom is -0.369 e. The van der Waals surface area contributed by atoms with E-state index < -0.39 is 0 Å². The molecule has 4 rings (SSSR count). The van der Waals surface area contributed by atoms with Crippen molar-refractivity contribution in [2.75, 3.05) is 19.7 Å². The van der Waals surface area contributed by atoms with Gasteiger partial charge in [0.1, 0.15) is 5.60 Å². The van der Waals surface area contributed by atoms with Crippen molar-refractivity contribution in [3.63, 3.8) is 0 Å². The summed E-state index contributed by atoms with van der Waals surface area (Å²) in [6, 6.07) is 2.36. The number of ether oxygens (including phenoxy) is 1. The van der Waals surface area contributed by atoms with E-state index in [1.54, 1.807) is 0 Å². The molecule has 108 valence electrons. The van der Waals surface area contributed by atoms with E-state index in [1.807, 2.05) is 17.5 Å². The quantitative estimate of drug-likeness (QED) is 0.870. The zero-order valence-electron chi connectivity index (χ0n) is 11.1. The molecule has 0 amide bonds. The van der Waals surface area contributed by atoms with Crippen LogP contribution in [0.3, 0.4) is 0 Å². The normalized spacial score (nSPS) is 20.4. The Morgan fingerprint density at radius 2 is 2.15 bits per heavy atom. The molecule has 2 aliphatic heterocycles. The third-order valence-electron chi connectivity index (χ3n) is 4.10. The van der Waals surface area contributed by atoms with Crippen LogP contribution in [0.4, 0.5) is 0 Å². The largest absolute Gasteiger partial charge is 0.369 e. The maximum absolute atomic E-state index is 6.22. The predicted molar refractivity (Wildman–Crippen MR) is 86.1 cm³/mol. The topological polar surface area (TPSA) is 34.2 Å². The molecule has 2 aromatic rings. The molecule has 0 aliphatic carbocycles. The highest BCUT2D eigenvalue weighted by Crippen LogP contribution is 2.46. The van der Waals surface area contributed by atoms with Gasteiger partial charge >= 0.3 is 0 Å². The van der Waals surface area contributed by atoms with Gasteiger partial charge in [-0.3, -0.25) is 0 Å². The summed E-state index contributed by atoms with van der Waals surface area (Å²) in [5.74, 6) is 0. The second-order valence-electron chi connectivity index (χ2n) is 5.22. The number of fused-ring (bicyclic) bond motifs is 2. The molecule has 0 aromatic carbocycles. The average molecular weight is 329 g/mol. The van der Waals surface area contributed by atoms with Crippen molar-refractivity contribution in [1.82, 2.24) is 9.69 Å². The molecule has 0 saturated carbocycles. The number of rotatable bonds is 1. The second-order valence-corrected chi connectivity index (χ2v) is 6.93. The summed E-state index contributed by atoms with van der Waals surface area (Å²) < 4.78 is 10.4. The monoisotopic (exact) mass is 328 g/mol. The van der Waals surface area contributed by atoms with Gasteiger partial charge in [0, 0.05) is 26.9 Å². The number of thiophene rings is 1. The highest BCUT2D eigenvalue weighted by molar-refractivity contribution is 7.16. The van der Waals surface area contributed by atoms with Crippen LogP contribution in [0.5, 0.6) is 0 Å². The number of piperidine rings is 1. The standard InChI is InChI=1S/C14H16N2OS2.ClH/c1-6-17-14(2-4-15-5-3-14)13-10(1)7-12(19-13)11-8-16-18-9-11;/h7-9,15H,1-6H2;1H. The maximum atomic E-state index is 6.22. The third kappa shape index (κ3) is 2.31. The Morgan fingerprint density at radius 1 is 1.30 bits per heavy atom. The summed E-state index contributed by atoms with van der Waals surface area (Å²) in [5.41, 5.74) is 2.75. The van der Waals surface area contributed by atoms with Crippen molar-refractivity contribution in [2.24, 2.45) is 0 Å². The van der Waals surface area contributed by atoms with Crippen molar-refractivity contribution in [3.8, 4) is 10.4 Å². The Bertz CT molecular complexity index is 576. The lowest BCUT2D eigenvalue weighted by Crippen LogP contribution is -2.43. The molecule has 3 nitrogen and oxygen atoms in total. The fourth-order valence-corrected chi connectivity index (χ4v) is 5.10. The van der Waals surface area contributed by atoms with Crippen molar-refractivity contribution in [3.05, 3.63) is 28.1 Å². The molecule has 1 saturated heterocycles. The fourth-order valence-electron chi connectivity index (χ4n) is 3.09. The van der Waals surface area contributed by atoms with Gasteiger partial charge in [-0.25, -0.2) is 4.37 Å². The van der Waals surface area contributed by atoms with Crippen LogP contribution in [-0.2, 0) is 16.8 Å². The van der Waals surface area contributed by atoms with Gasteiger partial charge < -0.3 is 10.1 Å². The molecule has 0 unspecified atom stereocenters. The summed E-state index contributed by atoms with van der Waals surface area (Å²) in [6.45, 7) is 2.99. The van der Waals surface area contributed by atoms with Crippen LogP contribution in [-0.4, -0.2) is 24.1 Å². The first-order chi connectivity index (χ1) is 9.37. The molecule has 6 heteroatoms. The summed E-state index contributed by atoms with van der Waals surface area (Å²) in [4.78, 5) is 2.82. The van der Waals surface area contributed by atoms with Crippen LogP contribution in [0.25, 0.3) is 10.4 Å². The lowest BCUT2D eigenvalue weighted by Gasteiger charge is -2.40. The van der Waals surface area contributed by atoms with Gasteiger partial charge in [-0.1, -0.05) is 0 Å². The van der Waals surface area contributed by atoms with Crippen LogP contribution in [0.15, 0.2) is 17.6 Å². The van der Waals surface area contributed by atoms with Crippen LogP contribution < -0.4 is 5.32 Å². The number of aromatic nitrogens is 1. The Hall–Kier alpha value is -0.460. The van der Waals surface area contributed by atoms with Crippen molar-refractivity contribution >= 4 is 35.3 Å². The van der Waals surface area contributed by atoms with Crippen LogP contribution in [0, 0.1) is 0 Å². The Morgan fingerprint density at radius 3 is 2.90 bits per heavy atom. The zero-order valence-corrected chi connectivity index (χ0v) is 13.5. The van der Waals surface area contributed by atoms with Crippen LogP contribution in [0.2, 0.25) is 0 Å². The van der Waals surface area contributed by atoms with Crippen molar-refractivity contribution < 1.29 is 4.74 Å². The van der Waals surface area contributed by atoms with Gasteiger partial charge in [0.2, 0.25) is 0 Å². The first-order valence-electron chi connectivity index (χ1n) is 6.75. The molecule has 4 heterocycles. The van der Waals surface area contributed by atoms with Gasteiger partial charge in [-0.05, 0) is 55.5 Å². The number of halogens is 1. The smallest absolute Gasteiger partial charge is 0.105 e. The summed E-state index contributed by atoms with van der Waals surface area (Å²) in [6.07, 6.45) is 5.22. The summed E-state index contributed by atoms with van der Waals surface area (Å²) >= 11 is 3.44. The fraction of sp³-hybridized carbons (Fsp3) is 0.500. The Balaban J connectivity index is 0.00000121. The summed E-state index contributed by atoms with van der Waals surface area (Å²) in [5, 5.41) is 5.57. The Kier molecular flexibility index (Phi) is 4.15. The number of nitrogens with zero attached hydrogens (tertiary/aromatic N) is 1. The van der Waals surface area contributed by atoms with Gasteiger partial charge in [0.25, 0.3) is 0 Å². The lowest BCUT2D eigenvalue weighted by atomic mass is 9.86. The first kappa shape index (κ1) is 14.5. The van der Waals surface area contributed by atoms with Crippen LogP contribution in [0.1, 0.15) is 23.3 Å². The van der Waals surface area contributed by atoms with E-state index in [-0.39, 0.29) is 18.0 Å². The van der Waals surface area contributed by atoms with Gasteiger partial charge in [-0.15, -0.1) is 23.7 Å². The molecular weight excluding hydrogens is 312 g/mol. The van der Waals surface area contributed by atoms with E-state index in [0.29, 0.717) is 0 Å². The molecular formula is C14H17ClN2OS2. The third-order valence-corrected chi connectivity index (χ3v) is 6.10. The highest BCUT2D eigenvalue weighted by atomic mass is 35.5. The second kappa shape index (κ2) is 5.73. The van der Waals surface area contributed by atoms with Gasteiger partial charge in [0.05, 0.1) is 6.61 Å². The number of hydrogen-bond acceptors (Lipinski definition) is 5. The molecule has 0 radical (unpaired) electrons. The molecule has 20 heavy (non-hydrogen) atoms. The molecule has 0 bridgehead atoms. The van der Waals surface area contributed by atoms with Crippen LogP contribution >= 0.6 is 35.3 Å². The number of nitrogens with one attached hydrogen (secondary N) is 1. The van der Waals surface area contributed by atoms with E-state index in [9.17, 15) is 0 Å². The molecule has 1 fully saturated rings. The minimum absolute atomic E-state index is 0. The SMILES string of the molecule is Cl.c1nscc1-c1cc2c(s1)C1(CCNCC1)OCC2. The molecule has 2 aliphatic rings. The first-order valence-corrected chi connectivity index (χ1v) is 8.40. The molecule has 2 aromatic heterocycles. The van der Waals surface area contributed by atoms with Crippen molar-refractivity contribution in [1.29, 1.82) is 0 Å². The van der Waals surface area contributed by atoms with E-state index in [4.69, 9.17) is 4.74 Å². The highest BCUT2D eigenvalue weighted by Gasteiger charge is 2.40. The number of hydrogen-bond donors (Lipinski definition) is 1. The maximum Gasteiger partial charge on any atom is 0.105 e. The van der Waals surface area contributed by atoms with E-state index in [2.05, 4.69) is 21.1 Å². The van der Waals surface area contributed by atoms with E-state index in [0.717, 1.165) is 39.0 Å². The molecule has 1 spiro atoms. The zero-order chi connectivity index (χ0) is 12.7.